The molecule has 0 aliphatic carbocycles. The van der Waals surface area contributed by atoms with Gasteiger partial charge in [-0.2, -0.15) is 0 Å². The first-order valence-corrected chi connectivity index (χ1v) is 7.80. The molecular formula is C19H20FNO5. The Hall–Kier alpha value is -3.09. The van der Waals surface area contributed by atoms with Crippen LogP contribution in [0.2, 0.25) is 0 Å². The molecule has 7 heteroatoms. The van der Waals surface area contributed by atoms with Crippen LogP contribution in [0, 0.1) is 19.7 Å². The fourth-order valence-corrected chi connectivity index (χ4v) is 2.77. The number of rotatable bonds is 6. The molecule has 0 aliphatic heterocycles. The third-order valence-electron chi connectivity index (χ3n) is 3.96. The molecule has 0 fully saturated rings. The van der Waals surface area contributed by atoms with Crippen LogP contribution >= 0.6 is 0 Å². The minimum atomic E-state index is -1.40. The van der Waals surface area contributed by atoms with Gasteiger partial charge in [0.1, 0.15) is 5.75 Å². The predicted octanol–water partition coefficient (Wildman–Crippen LogP) is 3.02. The van der Waals surface area contributed by atoms with E-state index in [-0.39, 0.29) is 11.3 Å². The summed E-state index contributed by atoms with van der Waals surface area (Å²) in [5.74, 6) is -1.94. The molecule has 0 saturated heterocycles. The Labute approximate surface area is 150 Å². The maximum absolute atomic E-state index is 13.9. The second kappa shape index (κ2) is 7.86. The summed E-state index contributed by atoms with van der Waals surface area (Å²) < 4.78 is 24.0. The van der Waals surface area contributed by atoms with Crippen molar-refractivity contribution in [3.05, 3.63) is 58.4 Å². The van der Waals surface area contributed by atoms with E-state index < -0.39 is 23.7 Å². The smallest absolute Gasteiger partial charge is 0.330 e. The van der Waals surface area contributed by atoms with Gasteiger partial charge in [0.15, 0.2) is 17.6 Å². The lowest BCUT2D eigenvalue weighted by atomic mass is 10.0. The summed E-state index contributed by atoms with van der Waals surface area (Å²) >= 11 is 0. The molecule has 0 saturated carbocycles. The van der Waals surface area contributed by atoms with Crippen molar-refractivity contribution in [3.8, 4) is 11.5 Å². The van der Waals surface area contributed by atoms with Crippen molar-refractivity contribution in [2.45, 2.75) is 19.9 Å². The highest BCUT2D eigenvalue weighted by atomic mass is 19.1. The normalized spacial score (nSPS) is 11.6. The molecular weight excluding hydrogens is 341 g/mol. The predicted molar refractivity (Wildman–Crippen MR) is 93.3 cm³/mol. The number of amides is 1. The number of aryl methyl sites for hydroxylation is 2. The van der Waals surface area contributed by atoms with Crippen LogP contribution in [0.5, 0.6) is 11.5 Å². The Morgan fingerprint density at radius 1 is 1.08 bits per heavy atom. The Kier molecular flexibility index (Phi) is 5.82. The molecule has 0 bridgehead atoms. The highest BCUT2D eigenvalue weighted by Gasteiger charge is 2.24. The average molecular weight is 361 g/mol. The monoisotopic (exact) mass is 361 g/mol. The number of benzene rings is 2. The van der Waals surface area contributed by atoms with Crippen LogP contribution in [0.15, 0.2) is 30.3 Å². The van der Waals surface area contributed by atoms with E-state index in [0.29, 0.717) is 11.3 Å². The maximum Gasteiger partial charge on any atom is 0.330 e. The van der Waals surface area contributed by atoms with Crippen molar-refractivity contribution in [3.63, 3.8) is 0 Å². The Morgan fingerprint density at radius 2 is 1.69 bits per heavy atom. The maximum atomic E-state index is 13.9. The molecule has 0 aliphatic rings. The van der Waals surface area contributed by atoms with Gasteiger partial charge in [0, 0.05) is 5.56 Å². The number of hydrogen-bond acceptors (Lipinski definition) is 4. The van der Waals surface area contributed by atoms with Crippen molar-refractivity contribution in [1.29, 1.82) is 0 Å². The van der Waals surface area contributed by atoms with Gasteiger partial charge in [-0.1, -0.05) is 6.07 Å². The molecule has 138 valence electrons. The summed E-state index contributed by atoms with van der Waals surface area (Å²) in [4.78, 5) is 24.1. The number of nitrogens with one attached hydrogen (secondary N) is 1. The number of carbonyl (C=O) groups is 2. The molecule has 1 atom stereocenters. The van der Waals surface area contributed by atoms with Crippen LogP contribution < -0.4 is 14.8 Å². The number of ether oxygens (including phenoxy) is 2. The lowest BCUT2D eigenvalue weighted by Gasteiger charge is -2.17. The zero-order valence-electron chi connectivity index (χ0n) is 14.9. The van der Waals surface area contributed by atoms with Crippen molar-refractivity contribution in [1.82, 2.24) is 5.32 Å². The number of methoxy groups -OCH3 is 2. The first-order valence-electron chi connectivity index (χ1n) is 7.80. The zero-order chi connectivity index (χ0) is 19.4. The fraction of sp³-hybridized carbons (Fsp3) is 0.263. The van der Waals surface area contributed by atoms with E-state index in [2.05, 4.69) is 5.32 Å². The number of carboxylic acids is 1. The van der Waals surface area contributed by atoms with Crippen molar-refractivity contribution >= 4 is 11.9 Å². The molecule has 2 aromatic rings. The first kappa shape index (κ1) is 19.2. The highest BCUT2D eigenvalue weighted by Crippen LogP contribution is 2.26. The summed E-state index contributed by atoms with van der Waals surface area (Å²) in [5, 5.41) is 11.9. The molecule has 0 spiro atoms. The third-order valence-corrected chi connectivity index (χ3v) is 3.96. The molecule has 6 nitrogen and oxygen atoms in total. The van der Waals surface area contributed by atoms with Gasteiger partial charge in [-0.15, -0.1) is 0 Å². The minimum absolute atomic E-state index is 0.00869. The van der Waals surface area contributed by atoms with Crippen molar-refractivity contribution < 1.29 is 28.6 Å². The standard InChI is InChI=1S/C19H20FNO5/c1-10-7-13(8-11(2)17(10)26-4)18(22)21-16(19(23)24)12-5-6-15(25-3)14(20)9-12/h5-9,16H,1-4H3,(H,21,22)(H,23,24). The second-order valence-corrected chi connectivity index (χ2v) is 5.78. The lowest BCUT2D eigenvalue weighted by Crippen LogP contribution is -2.34. The van der Waals surface area contributed by atoms with Crippen molar-refractivity contribution in [2.24, 2.45) is 0 Å². The number of carbonyl (C=O) groups excluding carboxylic acids is 1. The molecule has 0 radical (unpaired) electrons. The van der Waals surface area contributed by atoms with Gasteiger partial charge in [-0.05, 0) is 54.8 Å². The summed E-state index contributed by atoms with van der Waals surface area (Å²) in [6.07, 6.45) is 0. The molecule has 2 aromatic carbocycles. The van der Waals surface area contributed by atoms with Crippen LogP contribution in [0.25, 0.3) is 0 Å². The fourth-order valence-electron chi connectivity index (χ4n) is 2.77. The van der Waals surface area contributed by atoms with Crippen LogP contribution in [0.1, 0.15) is 33.1 Å². The number of carboxylic acid groups (broad SMARTS) is 1. The van der Waals surface area contributed by atoms with Crippen LogP contribution in [0.4, 0.5) is 4.39 Å². The van der Waals surface area contributed by atoms with Crippen molar-refractivity contribution in [2.75, 3.05) is 14.2 Å². The topological polar surface area (TPSA) is 84.9 Å². The van der Waals surface area contributed by atoms with E-state index in [1.807, 2.05) is 0 Å². The molecule has 2 rings (SSSR count). The van der Waals surface area contributed by atoms with Gasteiger partial charge in [0.25, 0.3) is 5.91 Å². The quantitative estimate of drug-likeness (QED) is 0.826. The molecule has 26 heavy (non-hydrogen) atoms. The third kappa shape index (κ3) is 3.93. The lowest BCUT2D eigenvalue weighted by molar-refractivity contribution is -0.139. The number of hydrogen-bond donors (Lipinski definition) is 2. The first-order chi connectivity index (χ1) is 12.3. The van der Waals surface area contributed by atoms with Gasteiger partial charge in [-0.3, -0.25) is 4.79 Å². The van der Waals surface area contributed by atoms with Gasteiger partial charge in [0.2, 0.25) is 0 Å². The number of aliphatic carboxylic acids is 1. The van der Waals surface area contributed by atoms with Crippen LogP contribution in [-0.4, -0.2) is 31.2 Å². The Bertz CT molecular complexity index is 827. The van der Waals surface area contributed by atoms with Gasteiger partial charge in [0.05, 0.1) is 14.2 Å². The van der Waals surface area contributed by atoms with E-state index in [1.165, 1.54) is 26.4 Å². The van der Waals surface area contributed by atoms with E-state index in [9.17, 15) is 19.1 Å². The van der Waals surface area contributed by atoms with Crippen LogP contribution in [-0.2, 0) is 4.79 Å². The largest absolute Gasteiger partial charge is 0.496 e. The van der Waals surface area contributed by atoms with Gasteiger partial charge >= 0.3 is 5.97 Å². The average Bonchev–Trinajstić information content (AvgIpc) is 2.58. The van der Waals surface area contributed by atoms with Gasteiger partial charge < -0.3 is 19.9 Å². The van der Waals surface area contributed by atoms with Crippen LogP contribution in [0.3, 0.4) is 0 Å². The Morgan fingerprint density at radius 3 is 2.15 bits per heavy atom. The summed E-state index contributed by atoms with van der Waals surface area (Å²) in [5.41, 5.74) is 1.90. The van der Waals surface area contributed by atoms with E-state index >= 15 is 0 Å². The molecule has 1 amide bonds. The van der Waals surface area contributed by atoms with Gasteiger partial charge in [-0.25, -0.2) is 9.18 Å². The van der Waals surface area contributed by atoms with E-state index in [0.717, 1.165) is 17.2 Å². The summed E-state index contributed by atoms with van der Waals surface area (Å²) in [6, 6.07) is 5.55. The summed E-state index contributed by atoms with van der Waals surface area (Å²) in [7, 11) is 2.84. The highest BCUT2D eigenvalue weighted by molar-refractivity contribution is 5.97. The SMILES string of the molecule is COc1ccc(C(NC(=O)c2cc(C)c(OC)c(C)c2)C(=O)O)cc1F. The zero-order valence-corrected chi connectivity index (χ0v) is 14.9. The molecule has 1 unspecified atom stereocenters. The summed E-state index contributed by atoms with van der Waals surface area (Å²) in [6.45, 7) is 3.58. The molecule has 2 N–H and O–H groups in total. The second-order valence-electron chi connectivity index (χ2n) is 5.78. The number of halogens is 1. The molecule has 0 heterocycles. The van der Waals surface area contributed by atoms with E-state index in [1.54, 1.807) is 26.0 Å². The minimum Gasteiger partial charge on any atom is -0.496 e. The Balaban J connectivity index is 2.32. The van der Waals surface area contributed by atoms with E-state index in [4.69, 9.17) is 9.47 Å². The molecule has 0 aromatic heterocycles.